The van der Waals surface area contributed by atoms with Crippen LogP contribution >= 0.6 is 11.3 Å². The molecule has 2 aliphatic rings. The average Bonchev–Trinajstić information content (AvgIpc) is 2.92. The summed E-state index contributed by atoms with van der Waals surface area (Å²) in [5.74, 6) is 1.96. The lowest BCUT2D eigenvalue weighted by Crippen LogP contribution is -2.21. The van der Waals surface area contributed by atoms with E-state index < -0.39 is 0 Å². The van der Waals surface area contributed by atoms with Gasteiger partial charge in [-0.3, -0.25) is 0 Å². The van der Waals surface area contributed by atoms with Gasteiger partial charge in [0.2, 0.25) is 5.13 Å². The van der Waals surface area contributed by atoms with Crippen molar-refractivity contribution in [2.24, 2.45) is 21.9 Å². The Hall–Kier alpha value is -2.08. The summed E-state index contributed by atoms with van der Waals surface area (Å²) in [4.78, 5) is 8.67. The minimum atomic E-state index is 0.0514. The second-order valence-corrected chi connectivity index (χ2v) is 7.63. The SMILES string of the molecule is CC1(C)[C@H](c2csc(N=C(N)N)n2)[C@H]1c1cccc2c1CCO2. The van der Waals surface area contributed by atoms with Gasteiger partial charge < -0.3 is 16.2 Å². The number of rotatable bonds is 3. The van der Waals surface area contributed by atoms with Gasteiger partial charge in [0.1, 0.15) is 5.75 Å². The van der Waals surface area contributed by atoms with Crippen LogP contribution in [0.5, 0.6) is 5.75 Å². The van der Waals surface area contributed by atoms with Gasteiger partial charge in [-0.1, -0.05) is 26.0 Å². The highest BCUT2D eigenvalue weighted by Crippen LogP contribution is 2.70. The maximum absolute atomic E-state index is 5.71. The van der Waals surface area contributed by atoms with Crippen LogP contribution < -0.4 is 16.2 Å². The average molecular weight is 328 g/mol. The van der Waals surface area contributed by atoms with Crippen LogP contribution in [0.3, 0.4) is 0 Å². The van der Waals surface area contributed by atoms with Crippen LogP contribution in [0.15, 0.2) is 28.6 Å². The first-order valence-electron chi connectivity index (χ1n) is 7.78. The van der Waals surface area contributed by atoms with Crippen molar-refractivity contribution in [2.75, 3.05) is 6.61 Å². The number of nitrogens with zero attached hydrogens (tertiary/aromatic N) is 2. The number of hydrogen-bond donors (Lipinski definition) is 2. The fraction of sp³-hybridized carbons (Fsp3) is 0.412. The molecule has 0 saturated heterocycles. The Morgan fingerprint density at radius 1 is 1.35 bits per heavy atom. The number of fused-ring (bicyclic) bond motifs is 1. The zero-order valence-electron chi connectivity index (χ0n) is 13.2. The molecule has 6 heteroatoms. The van der Waals surface area contributed by atoms with Gasteiger partial charge in [-0.25, -0.2) is 4.98 Å². The molecule has 2 heterocycles. The molecule has 4 N–H and O–H groups in total. The maximum Gasteiger partial charge on any atom is 0.212 e. The van der Waals surface area contributed by atoms with E-state index in [1.807, 2.05) is 0 Å². The van der Waals surface area contributed by atoms with E-state index in [1.165, 1.54) is 22.5 Å². The number of hydrogen-bond acceptors (Lipinski definition) is 4. The molecule has 1 aliphatic carbocycles. The van der Waals surface area contributed by atoms with Gasteiger partial charge in [0.15, 0.2) is 5.96 Å². The molecule has 1 aliphatic heterocycles. The molecule has 5 nitrogen and oxygen atoms in total. The summed E-state index contributed by atoms with van der Waals surface area (Å²) in [6.07, 6.45) is 1.00. The smallest absolute Gasteiger partial charge is 0.212 e. The predicted octanol–water partition coefficient (Wildman–Crippen LogP) is 2.89. The molecule has 0 radical (unpaired) electrons. The molecule has 1 fully saturated rings. The molecular formula is C17H20N4OS. The van der Waals surface area contributed by atoms with Crippen LogP contribution in [0.25, 0.3) is 0 Å². The van der Waals surface area contributed by atoms with Crippen molar-refractivity contribution in [3.8, 4) is 5.75 Å². The van der Waals surface area contributed by atoms with Gasteiger partial charge in [-0.05, 0) is 23.0 Å². The first kappa shape index (κ1) is 14.5. The van der Waals surface area contributed by atoms with E-state index in [0.717, 1.165) is 24.5 Å². The lowest BCUT2D eigenvalue weighted by atomic mass is 9.96. The number of nitrogens with two attached hydrogens (primary N) is 2. The molecule has 0 bridgehead atoms. The van der Waals surface area contributed by atoms with Gasteiger partial charge in [-0.15, -0.1) is 11.3 Å². The van der Waals surface area contributed by atoms with Crippen LogP contribution in [-0.2, 0) is 6.42 Å². The third kappa shape index (κ3) is 2.28. The van der Waals surface area contributed by atoms with Crippen molar-refractivity contribution < 1.29 is 4.74 Å². The minimum absolute atomic E-state index is 0.0514. The molecule has 23 heavy (non-hydrogen) atoms. The van der Waals surface area contributed by atoms with Gasteiger partial charge in [0.05, 0.1) is 12.3 Å². The molecule has 4 rings (SSSR count). The number of ether oxygens (including phenoxy) is 1. The van der Waals surface area contributed by atoms with Crippen molar-refractivity contribution >= 4 is 22.4 Å². The normalized spacial score (nSPS) is 23.9. The van der Waals surface area contributed by atoms with E-state index in [9.17, 15) is 0 Å². The quantitative estimate of drug-likeness (QED) is 0.670. The summed E-state index contributed by atoms with van der Waals surface area (Å²) in [7, 11) is 0. The maximum atomic E-state index is 5.71. The second kappa shape index (κ2) is 4.96. The van der Waals surface area contributed by atoms with Gasteiger partial charge in [0.25, 0.3) is 0 Å². The number of benzene rings is 1. The van der Waals surface area contributed by atoms with E-state index in [-0.39, 0.29) is 11.4 Å². The Morgan fingerprint density at radius 2 is 2.17 bits per heavy atom. The fourth-order valence-corrected chi connectivity index (χ4v) is 4.63. The second-order valence-electron chi connectivity index (χ2n) is 6.79. The van der Waals surface area contributed by atoms with Crippen molar-refractivity contribution in [1.82, 2.24) is 4.98 Å². The lowest BCUT2D eigenvalue weighted by molar-refractivity contribution is 0.357. The third-order valence-corrected chi connectivity index (χ3v) is 5.75. The summed E-state index contributed by atoms with van der Waals surface area (Å²) in [5, 5.41) is 2.71. The summed E-state index contributed by atoms with van der Waals surface area (Å²) in [5.41, 5.74) is 14.9. The molecule has 2 atom stereocenters. The number of thiazole rings is 1. The Kier molecular flexibility index (Phi) is 3.13. The molecule has 0 unspecified atom stereocenters. The Labute approximate surface area is 139 Å². The zero-order valence-corrected chi connectivity index (χ0v) is 14.1. The van der Waals surface area contributed by atoms with Crippen molar-refractivity contribution in [1.29, 1.82) is 0 Å². The first-order chi connectivity index (χ1) is 11.0. The van der Waals surface area contributed by atoms with E-state index >= 15 is 0 Å². The topological polar surface area (TPSA) is 86.5 Å². The highest BCUT2D eigenvalue weighted by atomic mass is 32.1. The predicted molar refractivity (Wildman–Crippen MR) is 92.5 cm³/mol. The third-order valence-electron chi connectivity index (χ3n) is 4.99. The van der Waals surface area contributed by atoms with E-state index in [1.54, 1.807) is 0 Å². The van der Waals surface area contributed by atoms with Crippen LogP contribution in [-0.4, -0.2) is 17.6 Å². The molecular weight excluding hydrogens is 308 g/mol. The van der Waals surface area contributed by atoms with Gasteiger partial charge in [-0.2, -0.15) is 4.99 Å². The standard InChI is InChI=1S/C17H20N4OS/c1-17(2)13(10-4-3-5-12-9(10)6-7-22-12)14(17)11-8-23-16(20-11)21-15(18)19/h3-5,8,13-14H,6-7H2,1-2H3,(H4,18,19,20,21)/t13-,14-/m1/s1. The highest BCUT2D eigenvalue weighted by Gasteiger charge is 2.60. The highest BCUT2D eigenvalue weighted by molar-refractivity contribution is 7.13. The van der Waals surface area contributed by atoms with Crippen molar-refractivity contribution in [3.63, 3.8) is 0 Å². The lowest BCUT2D eigenvalue weighted by Gasteiger charge is -2.08. The Bertz CT molecular complexity index is 792. The van der Waals surface area contributed by atoms with Crippen LogP contribution in [0.2, 0.25) is 0 Å². The molecule has 0 amide bonds. The number of aromatic nitrogens is 1. The molecule has 0 spiro atoms. The molecule has 1 aromatic carbocycles. The van der Waals surface area contributed by atoms with Crippen molar-refractivity contribution in [2.45, 2.75) is 32.1 Å². The summed E-state index contributed by atoms with van der Waals surface area (Å²) >= 11 is 1.49. The molecule has 2 aromatic rings. The van der Waals surface area contributed by atoms with E-state index in [0.29, 0.717) is 17.0 Å². The summed E-state index contributed by atoms with van der Waals surface area (Å²) < 4.78 is 5.71. The van der Waals surface area contributed by atoms with Crippen LogP contribution in [0.1, 0.15) is 42.5 Å². The Balaban J connectivity index is 1.68. The monoisotopic (exact) mass is 328 g/mol. The summed E-state index contributed by atoms with van der Waals surface area (Å²) in [6, 6.07) is 6.40. The zero-order chi connectivity index (χ0) is 16.2. The molecule has 1 aromatic heterocycles. The summed E-state index contributed by atoms with van der Waals surface area (Å²) in [6.45, 7) is 5.39. The minimum Gasteiger partial charge on any atom is -0.493 e. The number of aliphatic imine (C=N–C) groups is 1. The first-order valence-corrected chi connectivity index (χ1v) is 8.66. The van der Waals surface area contributed by atoms with E-state index in [4.69, 9.17) is 16.2 Å². The van der Waals surface area contributed by atoms with Gasteiger partial charge in [0, 0.05) is 23.3 Å². The molecule has 120 valence electrons. The number of guanidine groups is 1. The van der Waals surface area contributed by atoms with E-state index in [2.05, 4.69) is 47.4 Å². The van der Waals surface area contributed by atoms with Crippen molar-refractivity contribution in [3.05, 3.63) is 40.4 Å². The largest absolute Gasteiger partial charge is 0.493 e. The molecule has 1 saturated carbocycles. The Morgan fingerprint density at radius 3 is 2.96 bits per heavy atom. The fourth-order valence-electron chi connectivity index (χ4n) is 3.89. The van der Waals surface area contributed by atoms with Crippen LogP contribution in [0.4, 0.5) is 5.13 Å². The van der Waals surface area contributed by atoms with Crippen LogP contribution in [0, 0.1) is 5.41 Å². The van der Waals surface area contributed by atoms with Gasteiger partial charge >= 0.3 is 0 Å².